The minimum Gasteiger partial charge on any atom is -0.497 e. The van der Waals surface area contributed by atoms with Gasteiger partial charge in [0.05, 0.1) is 24.1 Å². The molecule has 0 fully saturated rings. The van der Waals surface area contributed by atoms with Crippen LogP contribution in [0.25, 0.3) is 11.6 Å². The normalized spacial score (nSPS) is 13.5. The smallest absolute Gasteiger partial charge is 0.326 e. The number of fused-ring (bicyclic) bond motifs is 1. The molecule has 0 spiro atoms. The summed E-state index contributed by atoms with van der Waals surface area (Å²) in [5, 5.41) is 7.72. The first-order valence-electron chi connectivity index (χ1n) is 9.11. The van der Waals surface area contributed by atoms with Crippen molar-refractivity contribution in [1.82, 2.24) is 10.3 Å². The fourth-order valence-electron chi connectivity index (χ4n) is 3.15. The Labute approximate surface area is 171 Å². The number of imide groups is 1. The van der Waals surface area contributed by atoms with Crippen LogP contribution in [0.2, 0.25) is 0 Å². The number of ether oxygens (including phenoxy) is 1. The molecule has 4 amide bonds. The number of H-pyrrole nitrogens is 1. The van der Waals surface area contributed by atoms with Crippen molar-refractivity contribution in [3.63, 3.8) is 0 Å². The van der Waals surface area contributed by atoms with Gasteiger partial charge in [-0.25, -0.2) is 4.79 Å². The van der Waals surface area contributed by atoms with Gasteiger partial charge >= 0.3 is 6.03 Å². The molecule has 2 heterocycles. The predicted molar refractivity (Wildman–Crippen MR) is 113 cm³/mol. The highest BCUT2D eigenvalue weighted by Gasteiger charge is 2.27. The number of urea groups is 1. The highest BCUT2D eigenvalue weighted by Crippen LogP contribution is 2.38. The van der Waals surface area contributed by atoms with E-state index in [0.717, 1.165) is 5.69 Å². The zero-order valence-electron chi connectivity index (χ0n) is 16.0. The third-order valence-electron chi connectivity index (χ3n) is 4.58. The number of amides is 4. The number of rotatable bonds is 4. The van der Waals surface area contributed by atoms with E-state index in [2.05, 4.69) is 20.9 Å². The van der Waals surface area contributed by atoms with Gasteiger partial charge in [0.15, 0.2) is 0 Å². The molecule has 2 aromatic carbocycles. The predicted octanol–water partition coefficient (Wildman–Crippen LogP) is 3.48. The average molecular weight is 402 g/mol. The molecule has 8 nitrogen and oxygen atoms in total. The first-order valence-corrected chi connectivity index (χ1v) is 9.11. The zero-order chi connectivity index (χ0) is 21.1. The lowest BCUT2D eigenvalue weighted by Crippen LogP contribution is -2.34. The first-order chi connectivity index (χ1) is 14.5. The maximum Gasteiger partial charge on any atom is 0.326 e. The van der Waals surface area contributed by atoms with Crippen LogP contribution in [0.4, 0.5) is 16.2 Å². The summed E-state index contributed by atoms with van der Waals surface area (Å²) in [6.07, 6.45) is 3.45. The number of methoxy groups -OCH3 is 1. The molecule has 0 unspecified atom stereocenters. The summed E-state index contributed by atoms with van der Waals surface area (Å²) in [7, 11) is 1.53. The first kappa shape index (κ1) is 19.0. The molecule has 3 aromatic rings. The Hall–Kier alpha value is -4.33. The number of anilines is 2. The Morgan fingerprint density at radius 2 is 1.83 bits per heavy atom. The van der Waals surface area contributed by atoms with Crippen molar-refractivity contribution >= 4 is 40.9 Å². The van der Waals surface area contributed by atoms with Crippen LogP contribution < -0.4 is 20.7 Å². The van der Waals surface area contributed by atoms with Gasteiger partial charge in [0, 0.05) is 23.0 Å². The van der Waals surface area contributed by atoms with Crippen LogP contribution in [0.15, 0.2) is 60.8 Å². The van der Waals surface area contributed by atoms with E-state index in [-0.39, 0.29) is 5.91 Å². The minimum atomic E-state index is -0.706. The summed E-state index contributed by atoms with van der Waals surface area (Å²) < 4.78 is 5.06. The van der Waals surface area contributed by atoms with E-state index in [1.54, 1.807) is 54.7 Å². The molecule has 30 heavy (non-hydrogen) atoms. The van der Waals surface area contributed by atoms with Crippen LogP contribution in [-0.2, 0) is 4.79 Å². The Morgan fingerprint density at radius 3 is 2.53 bits per heavy atom. The van der Waals surface area contributed by atoms with Gasteiger partial charge in [-0.05, 0) is 54.6 Å². The van der Waals surface area contributed by atoms with Crippen LogP contribution in [-0.4, -0.2) is 29.9 Å². The molecule has 0 saturated heterocycles. The zero-order valence-corrected chi connectivity index (χ0v) is 16.0. The second-order valence-electron chi connectivity index (χ2n) is 6.50. The molecule has 4 rings (SSSR count). The van der Waals surface area contributed by atoms with Gasteiger partial charge in [0.25, 0.3) is 11.8 Å². The molecule has 0 saturated carbocycles. The number of carbonyl (C=O) groups excluding carboxylic acids is 3. The fourth-order valence-corrected chi connectivity index (χ4v) is 3.15. The summed E-state index contributed by atoms with van der Waals surface area (Å²) >= 11 is 0. The summed E-state index contributed by atoms with van der Waals surface area (Å²) in [6.45, 7) is 0. The van der Waals surface area contributed by atoms with Crippen molar-refractivity contribution in [2.75, 3.05) is 17.7 Å². The molecule has 0 radical (unpaired) electrons. The third kappa shape index (κ3) is 3.79. The van der Waals surface area contributed by atoms with Crippen molar-refractivity contribution in [2.24, 2.45) is 0 Å². The Balaban J connectivity index is 1.54. The van der Waals surface area contributed by atoms with E-state index in [1.165, 1.54) is 7.11 Å². The molecule has 8 heteroatoms. The topological polar surface area (TPSA) is 112 Å². The highest BCUT2D eigenvalue weighted by molar-refractivity contribution is 6.36. The van der Waals surface area contributed by atoms with Gasteiger partial charge in [0.1, 0.15) is 5.75 Å². The molecule has 1 aliphatic rings. The molecule has 0 aliphatic carbocycles. The second-order valence-corrected chi connectivity index (χ2v) is 6.50. The molecule has 0 atom stereocenters. The minimum absolute atomic E-state index is 0.274. The van der Waals surface area contributed by atoms with E-state index in [4.69, 9.17) is 4.74 Å². The summed E-state index contributed by atoms with van der Waals surface area (Å²) in [4.78, 5) is 40.2. The quantitative estimate of drug-likeness (QED) is 0.501. The number of aromatic nitrogens is 1. The van der Waals surface area contributed by atoms with E-state index in [1.807, 2.05) is 12.1 Å². The van der Waals surface area contributed by atoms with Crippen molar-refractivity contribution in [2.45, 2.75) is 0 Å². The van der Waals surface area contributed by atoms with E-state index >= 15 is 0 Å². The van der Waals surface area contributed by atoms with E-state index in [0.29, 0.717) is 33.8 Å². The molecular weight excluding hydrogens is 384 g/mol. The van der Waals surface area contributed by atoms with Gasteiger partial charge in [-0.1, -0.05) is 6.07 Å². The van der Waals surface area contributed by atoms with Gasteiger partial charge in [-0.2, -0.15) is 0 Å². The monoisotopic (exact) mass is 402 g/mol. The van der Waals surface area contributed by atoms with Crippen LogP contribution in [0.5, 0.6) is 5.75 Å². The number of hydrogen-bond acceptors (Lipinski definition) is 4. The number of nitrogens with one attached hydrogen (secondary N) is 4. The van der Waals surface area contributed by atoms with Gasteiger partial charge < -0.3 is 20.4 Å². The molecule has 150 valence electrons. The van der Waals surface area contributed by atoms with E-state index < -0.39 is 11.9 Å². The Morgan fingerprint density at radius 1 is 1.03 bits per heavy atom. The SMILES string of the molecule is COc1ccc(C(=O)NC(=O)Nc2cccc3c2/C(=C/c2ccc[nH]2)C(=O)N3)cc1. The summed E-state index contributed by atoms with van der Waals surface area (Å²) in [5.41, 5.74) is 3.02. The number of hydrogen-bond donors (Lipinski definition) is 4. The van der Waals surface area contributed by atoms with Crippen LogP contribution in [0.3, 0.4) is 0 Å². The van der Waals surface area contributed by atoms with Crippen LogP contribution in [0.1, 0.15) is 21.6 Å². The molecule has 1 aromatic heterocycles. The summed E-state index contributed by atoms with van der Waals surface area (Å²) in [5.74, 6) is -0.225. The van der Waals surface area contributed by atoms with Crippen molar-refractivity contribution in [3.05, 3.63) is 77.6 Å². The lowest BCUT2D eigenvalue weighted by atomic mass is 10.0. The summed E-state index contributed by atoms with van der Waals surface area (Å²) in [6, 6.07) is 14.4. The highest BCUT2D eigenvalue weighted by atomic mass is 16.5. The maximum atomic E-state index is 12.4. The Bertz CT molecular complexity index is 1150. The molecular formula is C22H18N4O4. The Kier molecular flexibility index (Phi) is 5.04. The molecule has 1 aliphatic heterocycles. The van der Waals surface area contributed by atoms with Gasteiger partial charge in [0.2, 0.25) is 0 Å². The van der Waals surface area contributed by atoms with E-state index in [9.17, 15) is 14.4 Å². The molecule has 4 N–H and O–H groups in total. The van der Waals surface area contributed by atoms with Gasteiger partial charge in [-0.15, -0.1) is 0 Å². The number of aromatic amines is 1. The van der Waals surface area contributed by atoms with Crippen LogP contribution in [0, 0.1) is 0 Å². The van der Waals surface area contributed by atoms with Crippen LogP contribution >= 0.6 is 0 Å². The second kappa shape index (κ2) is 7.96. The van der Waals surface area contributed by atoms with Gasteiger partial charge in [-0.3, -0.25) is 14.9 Å². The van der Waals surface area contributed by atoms with Crippen molar-refractivity contribution < 1.29 is 19.1 Å². The number of benzene rings is 2. The molecule has 0 bridgehead atoms. The average Bonchev–Trinajstić information content (AvgIpc) is 3.36. The third-order valence-corrected chi connectivity index (χ3v) is 4.58. The largest absolute Gasteiger partial charge is 0.497 e. The van der Waals surface area contributed by atoms with Crippen molar-refractivity contribution in [3.8, 4) is 5.75 Å². The lowest BCUT2D eigenvalue weighted by Gasteiger charge is -2.11. The maximum absolute atomic E-state index is 12.4. The standard InChI is InChI=1S/C22H18N4O4/c1-30-15-9-7-13(8-10-15)20(27)26-22(29)25-18-6-2-5-17-19(18)16(21(28)24-17)12-14-4-3-11-23-14/h2-12,23H,1H3,(H,24,28)(H2,25,26,27,29)/b16-12-. The van der Waals surface area contributed by atoms with Crippen molar-refractivity contribution in [1.29, 1.82) is 0 Å². The lowest BCUT2D eigenvalue weighted by molar-refractivity contribution is -0.110. The number of carbonyl (C=O) groups is 3. The fraction of sp³-hybridized carbons (Fsp3) is 0.0455.